The minimum absolute atomic E-state index is 0.601. The van der Waals surface area contributed by atoms with E-state index in [0.717, 1.165) is 27.0 Å². The molecule has 0 bridgehead atoms. The van der Waals surface area contributed by atoms with Crippen LogP contribution in [0, 0.1) is 0 Å². The van der Waals surface area contributed by atoms with Gasteiger partial charge >= 0.3 is 0 Å². The molecule has 1 aromatic carbocycles. The molecule has 4 rings (SSSR count). The Morgan fingerprint density at radius 2 is 1.96 bits per heavy atom. The lowest BCUT2D eigenvalue weighted by Crippen LogP contribution is -2.00. The highest BCUT2D eigenvalue weighted by Crippen LogP contribution is 2.32. The van der Waals surface area contributed by atoms with Crippen molar-refractivity contribution in [1.82, 2.24) is 20.0 Å². The van der Waals surface area contributed by atoms with Gasteiger partial charge in [0.15, 0.2) is 0 Å². The van der Waals surface area contributed by atoms with E-state index in [-0.39, 0.29) is 0 Å². The molecule has 4 nitrogen and oxygen atoms in total. The van der Waals surface area contributed by atoms with Gasteiger partial charge in [0.2, 0.25) is 0 Å². The van der Waals surface area contributed by atoms with Crippen molar-refractivity contribution < 1.29 is 0 Å². The van der Waals surface area contributed by atoms with Crippen LogP contribution in [0.25, 0.3) is 10.6 Å². The fourth-order valence-electron chi connectivity index (χ4n) is 3.07. The maximum Gasteiger partial charge on any atom is 0.123 e. The van der Waals surface area contributed by atoms with Gasteiger partial charge in [-0.2, -0.15) is 0 Å². The Hall–Kier alpha value is -1.72. The Balaban J connectivity index is 1.48. The first-order chi connectivity index (χ1) is 11.3. The lowest BCUT2D eigenvalue weighted by atomic mass is 10.1. The fourth-order valence-corrected chi connectivity index (χ4v) is 4.01. The van der Waals surface area contributed by atoms with Crippen LogP contribution in [0.2, 0.25) is 5.02 Å². The number of benzene rings is 1. The molecule has 2 aromatic heterocycles. The summed E-state index contributed by atoms with van der Waals surface area (Å²) in [6.45, 7) is 0.670. The Morgan fingerprint density at radius 3 is 2.74 bits per heavy atom. The monoisotopic (exact) mass is 344 g/mol. The van der Waals surface area contributed by atoms with Gasteiger partial charge in [-0.05, 0) is 25.0 Å². The Bertz CT molecular complexity index is 787. The zero-order chi connectivity index (χ0) is 15.6. The summed E-state index contributed by atoms with van der Waals surface area (Å²) in [6.07, 6.45) is 7.20. The number of aromatic nitrogens is 4. The molecule has 0 radical (unpaired) electrons. The molecule has 0 amide bonds. The fraction of sp³-hybridized carbons (Fsp3) is 0.353. The summed E-state index contributed by atoms with van der Waals surface area (Å²) in [5.41, 5.74) is 3.24. The molecular formula is C17H17ClN4S. The minimum Gasteiger partial charge on any atom is -0.246 e. The molecule has 1 aliphatic rings. The molecule has 6 heteroatoms. The highest BCUT2D eigenvalue weighted by Gasteiger charge is 2.20. The van der Waals surface area contributed by atoms with Crippen molar-refractivity contribution in [3.63, 3.8) is 0 Å². The molecule has 118 valence electrons. The summed E-state index contributed by atoms with van der Waals surface area (Å²) in [5, 5.41) is 12.4. The largest absolute Gasteiger partial charge is 0.246 e. The molecule has 0 unspecified atom stereocenters. The van der Waals surface area contributed by atoms with E-state index in [2.05, 4.69) is 21.9 Å². The Labute approximate surface area is 144 Å². The van der Waals surface area contributed by atoms with E-state index in [1.165, 1.54) is 25.7 Å². The van der Waals surface area contributed by atoms with E-state index in [1.807, 2.05) is 28.9 Å². The van der Waals surface area contributed by atoms with Crippen molar-refractivity contribution >= 4 is 22.9 Å². The zero-order valence-electron chi connectivity index (χ0n) is 12.7. The van der Waals surface area contributed by atoms with E-state index in [4.69, 9.17) is 16.6 Å². The lowest BCUT2D eigenvalue weighted by Gasteiger charge is -2.01. The van der Waals surface area contributed by atoms with E-state index < -0.39 is 0 Å². The number of hydrogen-bond acceptors (Lipinski definition) is 4. The van der Waals surface area contributed by atoms with Crippen molar-refractivity contribution in [3.05, 3.63) is 52.3 Å². The molecule has 0 atom stereocenters. The van der Waals surface area contributed by atoms with Gasteiger partial charge in [-0.3, -0.25) is 0 Å². The number of halogens is 1. The first kappa shape index (κ1) is 14.8. The van der Waals surface area contributed by atoms with Crippen molar-refractivity contribution in [2.24, 2.45) is 0 Å². The predicted molar refractivity (Wildman–Crippen MR) is 92.9 cm³/mol. The second-order valence-electron chi connectivity index (χ2n) is 5.97. The van der Waals surface area contributed by atoms with E-state index >= 15 is 0 Å². The number of rotatable bonds is 4. The first-order valence-corrected chi connectivity index (χ1v) is 9.14. The quantitative estimate of drug-likeness (QED) is 0.685. The van der Waals surface area contributed by atoms with Crippen LogP contribution in [-0.4, -0.2) is 20.0 Å². The van der Waals surface area contributed by atoms with Crippen LogP contribution >= 0.6 is 22.9 Å². The van der Waals surface area contributed by atoms with E-state index in [0.29, 0.717) is 12.5 Å². The molecule has 1 saturated carbocycles. The van der Waals surface area contributed by atoms with Gasteiger partial charge < -0.3 is 0 Å². The van der Waals surface area contributed by atoms with Gasteiger partial charge in [-0.15, -0.1) is 16.4 Å². The third-order valence-corrected chi connectivity index (χ3v) is 5.49. The highest BCUT2D eigenvalue weighted by atomic mass is 35.5. The maximum atomic E-state index is 5.93. The van der Waals surface area contributed by atoms with Crippen LogP contribution in [0.4, 0.5) is 0 Å². The van der Waals surface area contributed by atoms with E-state index in [1.54, 1.807) is 11.3 Å². The molecule has 2 heterocycles. The van der Waals surface area contributed by atoms with Crippen molar-refractivity contribution in [3.8, 4) is 10.6 Å². The number of hydrogen-bond donors (Lipinski definition) is 0. The Kier molecular flexibility index (Phi) is 4.14. The second-order valence-corrected chi connectivity index (χ2v) is 7.27. The van der Waals surface area contributed by atoms with Crippen LogP contribution in [0.15, 0.2) is 35.8 Å². The molecule has 1 aliphatic carbocycles. The van der Waals surface area contributed by atoms with Gasteiger partial charge in [0.05, 0.1) is 17.9 Å². The van der Waals surface area contributed by atoms with Gasteiger partial charge in [0.1, 0.15) is 5.01 Å². The van der Waals surface area contributed by atoms with Crippen LogP contribution in [0.1, 0.15) is 43.0 Å². The lowest BCUT2D eigenvalue weighted by molar-refractivity contribution is 0.639. The average Bonchev–Trinajstić information content (AvgIpc) is 3.29. The summed E-state index contributed by atoms with van der Waals surface area (Å²) >= 11 is 7.58. The topological polar surface area (TPSA) is 43.6 Å². The van der Waals surface area contributed by atoms with E-state index in [9.17, 15) is 0 Å². The highest BCUT2D eigenvalue weighted by molar-refractivity contribution is 7.13. The molecule has 0 saturated heterocycles. The average molecular weight is 345 g/mol. The van der Waals surface area contributed by atoms with Crippen LogP contribution in [0.5, 0.6) is 0 Å². The van der Waals surface area contributed by atoms with Crippen molar-refractivity contribution in [2.45, 2.75) is 38.1 Å². The van der Waals surface area contributed by atoms with Gasteiger partial charge in [0, 0.05) is 28.1 Å². The predicted octanol–water partition coefficient (Wildman–Crippen LogP) is 4.76. The second kappa shape index (κ2) is 6.42. The molecule has 3 aromatic rings. The summed E-state index contributed by atoms with van der Waals surface area (Å²) in [7, 11) is 0. The standard InChI is InChI=1S/C17H17ClN4S/c18-14-7-5-13(6-8-14)17-19-15(11-23-17)9-22-10-16(20-21-22)12-3-1-2-4-12/h5-8,10-12H,1-4,9H2. The third kappa shape index (κ3) is 3.31. The third-order valence-electron chi connectivity index (χ3n) is 4.30. The van der Waals surface area contributed by atoms with Gasteiger partial charge in [-0.25, -0.2) is 9.67 Å². The maximum absolute atomic E-state index is 5.93. The SMILES string of the molecule is Clc1ccc(-c2nc(Cn3cc(C4CCCC4)nn3)cs2)cc1. The van der Waals surface area contributed by atoms with Crippen LogP contribution < -0.4 is 0 Å². The number of nitrogens with zero attached hydrogens (tertiary/aromatic N) is 4. The summed E-state index contributed by atoms with van der Waals surface area (Å²) in [4.78, 5) is 4.70. The normalized spacial score (nSPS) is 15.3. The summed E-state index contributed by atoms with van der Waals surface area (Å²) in [6, 6.07) is 7.78. The van der Waals surface area contributed by atoms with Gasteiger partial charge in [0.25, 0.3) is 0 Å². The molecule has 0 spiro atoms. The molecular weight excluding hydrogens is 328 g/mol. The summed E-state index contributed by atoms with van der Waals surface area (Å²) < 4.78 is 1.90. The minimum atomic E-state index is 0.601. The smallest absolute Gasteiger partial charge is 0.123 e. The van der Waals surface area contributed by atoms with Crippen molar-refractivity contribution in [1.29, 1.82) is 0 Å². The first-order valence-electron chi connectivity index (χ1n) is 7.88. The molecule has 0 aliphatic heterocycles. The number of thiazole rings is 1. The zero-order valence-corrected chi connectivity index (χ0v) is 14.2. The van der Waals surface area contributed by atoms with Crippen LogP contribution in [0.3, 0.4) is 0 Å². The molecule has 1 fully saturated rings. The summed E-state index contributed by atoms with van der Waals surface area (Å²) in [5.74, 6) is 0.601. The molecule has 23 heavy (non-hydrogen) atoms. The molecule has 0 N–H and O–H groups in total. The van der Waals surface area contributed by atoms with Gasteiger partial charge in [-0.1, -0.05) is 41.8 Å². The van der Waals surface area contributed by atoms with Crippen LogP contribution in [-0.2, 0) is 6.54 Å². The van der Waals surface area contributed by atoms with Crippen molar-refractivity contribution in [2.75, 3.05) is 0 Å². The Morgan fingerprint density at radius 1 is 1.17 bits per heavy atom.